The molecule has 0 heterocycles. The van der Waals surface area contributed by atoms with Crippen molar-refractivity contribution in [1.29, 1.82) is 0 Å². The van der Waals surface area contributed by atoms with E-state index in [0.717, 1.165) is 83.5 Å². The third-order valence-electron chi connectivity index (χ3n) is 8.86. The van der Waals surface area contributed by atoms with Crippen molar-refractivity contribution < 1.29 is 47.5 Å². The van der Waals surface area contributed by atoms with Crippen LogP contribution >= 0.6 is 7.82 Å². The van der Waals surface area contributed by atoms with E-state index in [9.17, 15) is 23.8 Å². The lowest BCUT2D eigenvalue weighted by Gasteiger charge is -2.20. The Balaban J connectivity index is 4.43. The SMILES string of the molecule is CCCCCC=CCC=CCCCCCCCC(=O)OC(COC(=O)CCCCCCCC=CCCCCCCCC)COP(=O)(O)OCC(N)C(=O)O. The lowest BCUT2D eigenvalue weighted by atomic mass is 10.1. The van der Waals surface area contributed by atoms with E-state index in [1.54, 1.807) is 0 Å². The Morgan fingerprint density at radius 1 is 0.574 bits per heavy atom. The normalized spacial score (nSPS) is 14.1. The molecule has 3 atom stereocenters. The van der Waals surface area contributed by atoms with Gasteiger partial charge in [-0.15, -0.1) is 0 Å². The summed E-state index contributed by atoms with van der Waals surface area (Å²) in [6.45, 7) is 2.74. The number of unbranched alkanes of at least 4 members (excludes halogenated alkanes) is 19. The molecule has 0 aliphatic rings. The van der Waals surface area contributed by atoms with Crippen molar-refractivity contribution in [1.82, 2.24) is 0 Å². The lowest BCUT2D eigenvalue weighted by molar-refractivity contribution is -0.161. The average molecular weight is 786 g/mol. The highest BCUT2D eigenvalue weighted by atomic mass is 31.2. The van der Waals surface area contributed by atoms with Crippen molar-refractivity contribution in [3.8, 4) is 0 Å². The number of phosphoric ester groups is 1. The summed E-state index contributed by atoms with van der Waals surface area (Å²) >= 11 is 0. The van der Waals surface area contributed by atoms with Crippen LogP contribution in [0.3, 0.4) is 0 Å². The first-order chi connectivity index (χ1) is 26.1. The molecular formula is C42H76NO10P. The van der Waals surface area contributed by atoms with Gasteiger partial charge in [-0.1, -0.05) is 134 Å². The molecule has 0 rings (SSSR count). The molecule has 4 N–H and O–H groups in total. The summed E-state index contributed by atoms with van der Waals surface area (Å²) in [4.78, 5) is 45.9. The van der Waals surface area contributed by atoms with Crippen LogP contribution in [0.1, 0.15) is 181 Å². The molecular weight excluding hydrogens is 709 g/mol. The van der Waals surface area contributed by atoms with Gasteiger partial charge in [0.2, 0.25) is 0 Å². The molecule has 0 radical (unpaired) electrons. The second-order valence-electron chi connectivity index (χ2n) is 14.1. The van der Waals surface area contributed by atoms with Crippen molar-refractivity contribution in [3.63, 3.8) is 0 Å². The fraction of sp³-hybridized carbons (Fsp3) is 0.786. The zero-order chi connectivity index (χ0) is 40.0. The maximum Gasteiger partial charge on any atom is 0.472 e. The van der Waals surface area contributed by atoms with Gasteiger partial charge in [-0.05, 0) is 70.6 Å². The number of esters is 2. The summed E-state index contributed by atoms with van der Waals surface area (Å²) in [5, 5.41) is 8.88. The zero-order valence-electron chi connectivity index (χ0n) is 33.8. The van der Waals surface area contributed by atoms with Gasteiger partial charge in [0.1, 0.15) is 12.6 Å². The Bertz CT molecular complexity index is 1060. The Labute approximate surface area is 327 Å². The monoisotopic (exact) mass is 786 g/mol. The summed E-state index contributed by atoms with van der Waals surface area (Å²) in [5.41, 5.74) is 5.32. The molecule has 0 aromatic carbocycles. The van der Waals surface area contributed by atoms with E-state index in [1.165, 1.54) is 57.8 Å². The Kier molecular flexibility index (Phi) is 36.0. The van der Waals surface area contributed by atoms with E-state index in [-0.39, 0.29) is 19.4 Å². The Hall–Kier alpha value is -2.30. The molecule has 0 saturated carbocycles. The number of allylic oxidation sites excluding steroid dienone is 6. The second-order valence-corrected chi connectivity index (χ2v) is 15.6. The Morgan fingerprint density at radius 3 is 1.50 bits per heavy atom. The fourth-order valence-electron chi connectivity index (χ4n) is 5.50. The number of carbonyl (C=O) groups is 3. The zero-order valence-corrected chi connectivity index (χ0v) is 34.7. The van der Waals surface area contributed by atoms with E-state index in [0.29, 0.717) is 12.8 Å². The molecule has 0 amide bonds. The standard InChI is InChI=1S/C42H76NO10P/c1-3-5-7-9-11-13-15-17-19-21-23-25-27-29-31-33-40(44)50-35-38(36-51-54(48,49)52-37-39(43)42(46)47)53-41(45)34-32-30-28-26-24-22-20-18-16-14-12-10-8-6-4-2/h12,14,17-20,38-39H,3-11,13,15-16,21-37,43H2,1-2H3,(H,46,47)(H,48,49). The summed E-state index contributed by atoms with van der Waals surface area (Å²) < 4.78 is 32.6. The van der Waals surface area contributed by atoms with E-state index in [1.807, 2.05) is 0 Å². The quantitative estimate of drug-likeness (QED) is 0.0234. The summed E-state index contributed by atoms with van der Waals surface area (Å²) in [6, 6.07) is -1.52. The number of hydrogen-bond donors (Lipinski definition) is 3. The van der Waals surface area contributed by atoms with Gasteiger partial charge in [-0.2, -0.15) is 0 Å². The topological polar surface area (TPSA) is 172 Å². The number of ether oxygens (including phenoxy) is 2. The fourth-order valence-corrected chi connectivity index (χ4v) is 6.28. The smallest absolute Gasteiger partial charge is 0.472 e. The molecule has 3 unspecified atom stereocenters. The van der Waals surface area contributed by atoms with Crippen LogP contribution in [0.15, 0.2) is 36.5 Å². The van der Waals surface area contributed by atoms with E-state index in [4.69, 9.17) is 24.8 Å². The van der Waals surface area contributed by atoms with Gasteiger partial charge in [-0.25, -0.2) is 4.57 Å². The van der Waals surface area contributed by atoms with Gasteiger partial charge < -0.3 is 25.2 Å². The van der Waals surface area contributed by atoms with Gasteiger partial charge in [0.05, 0.1) is 13.2 Å². The molecule has 54 heavy (non-hydrogen) atoms. The highest BCUT2D eigenvalue weighted by molar-refractivity contribution is 7.47. The third-order valence-corrected chi connectivity index (χ3v) is 9.81. The van der Waals surface area contributed by atoms with Crippen LogP contribution in [0.25, 0.3) is 0 Å². The van der Waals surface area contributed by atoms with Crippen LogP contribution in [-0.2, 0) is 37.5 Å². The van der Waals surface area contributed by atoms with Gasteiger partial charge in [0, 0.05) is 12.8 Å². The van der Waals surface area contributed by atoms with Crippen LogP contribution in [0.4, 0.5) is 0 Å². The second kappa shape index (κ2) is 37.6. The highest BCUT2D eigenvalue weighted by Gasteiger charge is 2.28. The number of carbonyl (C=O) groups excluding carboxylic acids is 2. The first-order valence-electron chi connectivity index (χ1n) is 21.0. The van der Waals surface area contributed by atoms with Crippen LogP contribution in [-0.4, -0.2) is 59.9 Å². The molecule has 12 heteroatoms. The van der Waals surface area contributed by atoms with Crippen LogP contribution in [0.5, 0.6) is 0 Å². The van der Waals surface area contributed by atoms with Crippen molar-refractivity contribution in [3.05, 3.63) is 36.5 Å². The number of nitrogens with two attached hydrogens (primary N) is 1. The number of aliphatic carboxylic acids is 1. The van der Waals surface area contributed by atoms with Crippen molar-refractivity contribution in [2.45, 2.75) is 193 Å². The van der Waals surface area contributed by atoms with Crippen molar-refractivity contribution in [2.24, 2.45) is 5.73 Å². The number of carboxylic acid groups (broad SMARTS) is 1. The minimum absolute atomic E-state index is 0.143. The summed E-state index contributed by atoms with van der Waals surface area (Å²) in [7, 11) is -4.72. The summed E-state index contributed by atoms with van der Waals surface area (Å²) in [5.74, 6) is -2.41. The number of hydrogen-bond acceptors (Lipinski definition) is 9. The molecule has 0 bridgehead atoms. The molecule has 314 valence electrons. The molecule has 0 aromatic rings. The minimum atomic E-state index is -4.72. The number of carboxylic acids is 1. The average Bonchev–Trinajstić information content (AvgIpc) is 3.14. The van der Waals surface area contributed by atoms with Crippen molar-refractivity contribution in [2.75, 3.05) is 19.8 Å². The minimum Gasteiger partial charge on any atom is -0.480 e. The van der Waals surface area contributed by atoms with Crippen LogP contribution in [0, 0.1) is 0 Å². The number of phosphoric acid groups is 1. The highest BCUT2D eigenvalue weighted by Crippen LogP contribution is 2.43. The van der Waals surface area contributed by atoms with Crippen LogP contribution in [0.2, 0.25) is 0 Å². The lowest BCUT2D eigenvalue weighted by Crippen LogP contribution is -2.34. The van der Waals surface area contributed by atoms with E-state index < -0.39 is 51.1 Å². The molecule has 0 aromatic heterocycles. The van der Waals surface area contributed by atoms with Gasteiger partial charge >= 0.3 is 25.7 Å². The maximum absolute atomic E-state index is 12.6. The van der Waals surface area contributed by atoms with Gasteiger partial charge in [-0.3, -0.25) is 23.4 Å². The molecule has 0 fully saturated rings. The van der Waals surface area contributed by atoms with Gasteiger partial charge in [0.25, 0.3) is 0 Å². The largest absolute Gasteiger partial charge is 0.480 e. The van der Waals surface area contributed by atoms with Gasteiger partial charge in [0.15, 0.2) is 6.10 Å². The third kappa shape index (κ3) is 36.7. The van der Waals surface area contributed by atoms with E-state index in [2.05, 4.69) is 54.8 Å². The van der Waals surface area contributed by atoms with Crippen molar-refractivity contribution >= 4 is 25.7 Å². The van der Waals surface area contributed by atoms with Crippen LogP contribution < -0.4 is 5.73 Å². The first-order valence-corrected chi connectivity index (χ1v) is 22.5. The predicted molar refractivity (Wildman–Crippen MR) is 217 cm³/mol. The molecule has 11 nitrogen and oxygen atoms in total. The molecule has 0 aliphatic heterocycles. The van der Waals surface area contributed by atoms with E-state index >= 15 is 0 Å². The predicted octanol–water partition coefficient (Wildman–Crippen LogP) is 10.8. The Morgan fingerprint density at radius 2 is 0.981 bits per heavy atom. The molecule has 0 spiro atoms. The summed E-state index contributed by atoms with van der Waals surface area (Å²) in [6.07, 6.45) is 39.2. The number of rotatable bonds is 39. The first kappa shape index (κ1) is 51.7. The molecule has 0 aliphatic carbocycles. The maximum atomic E-state index is 12.6. The molecule has 0 saturated heterocycles.